The smallest absolute Gasteiger partial charge is 0.282 e. The zero-order valence-electron chi connectivity index (χ0n) is 16.7. The van der Waals surface area contributed by atoms with E-state index in [1.165, 1.54) is 18.2 Å². The number of carbonyl (C=O) groups excluding carboxylic acids is 2. The second-order valence-electron chi connectivity index (χ2n) is 6.80. The van der Waals surface area contributed by atoms with Crippen LogP contribution in [0.2, 0.25) is 5.02 Å². The second kappa shape index (κ2) is 8.93. The monoisotopic (exact) mass is 434 g/mol. The van der Waals surface area contributed by atoms with Gasteiger partial charge in [-0.05, 0) is 53.6 Å². The number of halogens is 1. The first-order chi connectivity index (χ1) is 15.0. The fourth-order valence-electron chi connectivity index (χ4n) is 3.12. The fourth-order valence-corrected chi connectivity index (χ4v) is 3.24. The predicted molar refractivity (Wildman–Crippen MR) is 119 cm³/mol. The molecule has 0 unspecified atom stereocenters. The first-order valence-corrected chi connectivity index (χ1v) is 9.90. The van der Waals surface area contributed by atoms with Crippen molar-refractivity contribution in [1.29, 1.82) is 0 Å². The number of anilines is 1. The Morgan fingerprint density at radius 3 is 2.42 bits per heavy atom. The number of para-hydroxylation sites is 1. The number of nitrogens with zero attached hydrogens (tertiary/aromatic N) is 1. The van der Waals surface area contributed by atoms with Crippen LogP contribution in [0.15, 0.2) is 78.4 Å². The van der Waals surface area contributed by atoms with Crippen LogP contribution in [0.5, 0.6) is 11.5 Å². The standard InChI is InChI=1S/C24H19ClN2O4/c1-30-22-14-17(9-12-21(22)31-15-16-7-10-18(25)11-8-16)13-20-23(28)26-27(24(20)29)19-5-3-2-4-6-19/h2-14H,15H2,1H3,(H,26,28)/b20-13+. The third-order valence-corrected chi connectivity index (χ3v) is 4.96. The molecule has 0 saturated carbocycles. The van der Waals surface area contributed by atoms with Gasteiger partial charge in [0.05, 0.1) is 12.8 Å². The van der Waals surface area contributed by atoms with Gasteiger partial charge in [-0.2, -0.15) is 0 Å². The number of hydrazine groups is 1. The molecule has 0 aliphatic carbocycles. The van der Waals surface area contributed by atoms with E-state index in [0.717, 1.165) is 5.56 Å². The highest BCUT2D eigenvalue weighted by Crippen LogP contribution is 2.30. The second-order valence-corrected chi connectivity index (χ2v) is 7.24. The molecule has 1 heterocycles. The van der Waals surface area contributed by atoms with Crippen molar-refractivity contribution in [1.82, 2.24) is 5.43 Å². The molecule has 1 N–H and O–H groups in total. The van der Waals surface area contributed by atoms with E-state index in [9.17, 15) is 9.59 Å². The minimum atomic E-state index is -0.462. The van der Waals surface area contributed by atoms with Crippen LogP contribution >= 0.6 is 11.6 Å². The molecule has 4 rings (SSSR count). The van der Waals surface area contributed by atoms with Crippen LogP contribution < -0.4 is 19.9 Å². The summed E-state index contributed by atoms with van der Waals surface area (Å²) < 4.78 is 11.3. The quantitative estimate of drug-likeness (QED) is 0.461. The van der Waals surface area contributed by atoms with Crippen molar-refractivity contribution in [2.75, 3.05) is 12.1 Å². The average Bonchev–Trinajstić information content (AvgIpc) is 3.08. The van der Waals surface area contributed by atoms with Crippen molar-refractivity contribution >= 4 is 35.2 Å². The van der Waals surface area contributed by atoms with Crippen LogP contribution in [0, 0.1) is 0 Å². The topological polar surface area (TPSA) is 67.9 Å². The molecule has 3 aromatic rings. The summed E-state index contributed by atoms with van der Waals surface area (Å²) in [5, 5.41) is 1.89. The van der Waals surface area contributed by atoms with Gasteiger partial charge in [0.15, 0.2) is 11.5 Å². The molecule has 1 fully saturated rings. The highest BCUT2D eigenvalue weighted by atomic mass is 35.5. The van der Waals surface area contributed by atoms with Crippen LogP contribution in [-0.2, 0) is 16.2 Å². The van der Waals surface area contributed by atoms with E-state index in [2.05, 4.69) is 5.43 Å². The maximum absolute atomic E-state index is 12.7. The number of ether oxygens (including phenoxy) is 2. The van der Waals surface area contributed by atoms with Crippen LogP contribution in [0.4, 0.5) is 5.69 Å². The molecule has 2 amide bonds. The number of hydrogen-bond acceptors (Lipinski definition) is 4. The molecule has 0 radical (unpaired) electrons. The van der Waals surface area contributed by atoms with Crippen molar-refractivity contribution < 1.29 is 19.1 Å². The van der Waals surface area contributed by atoms with E-state index in [1.54, 1.807) is 54.6 Å². The lowest BCUT2D eigenvalue weighted by atomic mass is 10.1. The van der Waals surface area contributed by atoms with E-state index >= 15 is 0 Å². The van der Waals surface area contributed by atoms with Crippen molar-refractivity contribution in [3.8, 4) is 11.5 Å². The Morgan fingerprint density at radius 1 is 0.968 bits per heavy atom. The number of carbonyl (C=O) groups is 2. The van der Waals surface area contributed by atoms with Crippen molar-refractivity contribution in [3.05, 3.63) is 94.5 Å². The Labute approximate surface area is 184 Å². The molecule has 1 aliphatic heterocycles. The van der Waals surface area contributed by atoms with Gasteiger partial charge in [-0.15, -0.1) is 0 Å². The van der Waals surface area contributed by atoms with Gasteiger partial charge in [0, 0.05) is 5.02 Å². The number of hydrogen-bond donors (Lipinski definition) is 1. The largest absolute Gasteiger partial charge is 0.493 e. The minimum Gasteiger partial charge on any atom is -0.493 e. The summed E-state index contributed by atoms with van der Waals surface area (Å²) in [4.78, 5) is 25.1. The molecular weight excluding hydrogens is 416 g/mol. The Balaban J connectivity index is 1.53. The van der Waals surface area contributed by atoms with E-state index < -0.39 is 11.8 Å². The molecule has 1 saturated heterocycles. The zero-order chi connectivity index (χ0) is 21.8. The van der Waals surface area contributed by atoms with Crippen LogP contribution in [0.25, 0.3) is 6.08 Å². The summed E-state index contributed by atoms with van der Waals surface area (Å²) in [6.07, 6.45) is 1.53. The summed E-state index contributed by atoms with van der Waals surface area (Å²) in [5.41, 5.74) is 4.82. The molecule has 6 nitrogen and oxygen atoms in total. The van der Waals surface area contributed by atoms with E-state index in [-0.39, 0.29) is 5.57 Å². The maximum Gasteiger partial charge on any atom is 0.282 e. The third kappa shape index (κ3) is 4.54. The summed E-state index contributed by atoms with van der Waals surface area (Å²) in [7, 11) is 1.53. The zero-order valence-corrected chi connectivity index (χ0v) is 17.4. The van der Waals surface area contributed by atoms with Crippen LogP contribution in [-0.4, -0.2) is 18.9 Å². The number of nitrogens with one attached hydrogen (secondary N) is 1. The Morgan fingerprint density at radius 2 is 1.71 bits per heavy atom. The highest BCUT2D eigenvalue weighted by molar-refractivity contribution is 6.31. The highest BCUT2D eigenvalue weighted by Gasteiger charge is 2.34. The Hall–Kier alpha value is -3.77. The van der Waals surface area contributed by atoms with E-state index in [0.29, 0.717) is 34.4 Å². The molecule has 0 spiro atoms. The van der Waals surface area contributed by atoms with Crippen molar-refractivity contribution in [2.24, 2.45) is 0 Å². The minimum absolute atomic E-state index is 0.0424. The number of rotatable bonds is 6. The average molecular weight is 435 g/mol. The first-order valence-electron chi connectivity index (χ1n) is 9.52. The molecule has 3 aromatic carbocycles. The summed E-state index contributed by atoms with van der Waals surface area (Å²) in [6, 6.07) is 21.5. The number of methoxy groups -OCH3 is 1. The number of amides is 2. The van der Waals surface area contributed by atoms with Crippen molar-refractivity contribution in [3.63, 3.8) is 0 Å². The van der Waals surface area contributed by atoms with Gasteiger partial charge in [0.1, 0.15) is 12.2 Å². The van der Waals surface area contributed by atoms with Gasteiger partial charge in [0.25, 0.3) is 11.8 Å². The van der Waals surface area contributed by atoms with Crippen LogP contribution in [0.3, 0.4) is 0 Å². The fraction of sp³-hybridized carbons (Fsp3) is 0.0833. The van der Waals surface area contributed by atoms with Gasteiger partial charge in [-0.3, -0.25) is 15.0 Å². The molecule has 7 heteroatoms. The molecule has 0 aromatic heterocycles. The van der Waals surface area contributed by atoms with E-state index in [4.69, 9.17) is 21.1 Å². The van der Waals surface area contributed by atoms with Gasteiger partial charge in [-0.1, -0.05) is 48.0 Å². The van der Waals surface area contributed by atoms with Gasteiger partial charge in [-0.25, -0.2) is 5.01 Å². The van der Waals surface area contributed by atoms with Crippen LogP contribution in [0.1, 0.15) is 11.1 Å². The lowest BCUT2D eigenvalue weighted by Gasteiger charge is -2.14. The first kappa shape index (κ1) is 20.5. The Bertz CT molecular complexity index is 1140. The third-order valence-electron chi connectivity index (χ3n) is 4.71. The maximum atomic E-state index is 12.7. The normalized spacial score (nSPS) is 14.6. The van der Waals surface area contributed by atoms with Gasteiger partial charge >= 0.3 is 0 Å². The van der Waals surface area contributed by atoms with Gasteiger partial charge < -0.3 is 9.47 Å². The predicted octanol–water partition coefficient (Wildman–Crippen LogP) is 4.39. The molecule has 156 valence electrons. The lowest BCUT2D eigenvalue weighted by Crippen LogP contribution is -2.35. The molecule has 1 aliphatic rings. The van der Waals surface area contributed by atoms with Crippen molar-refractivity contribution in [2.45, 2.75) is 6.61 Å². The SMILES string of the molecule is COc1cc(/C=C2\C(=O)NN(c3ccccc3)C2=O)ccc1OCc1ccc(Cl)cc1. The molecular formula is C24H19ClN2O4. The summed E-state index contributed by atoms with van der Waals surface area (Å²) >= 11 is 5.91. The van der Waals surface area contributed by atoms with Gasteiger partial charge in [0.2, 0.25) is 0 Å². The number of benzene rings is 3. The molecule has 0 atom stereocenters. The molecule has 31 heavy (non-hydrogen) atoms. The lowest BCUT2D eigenvalue weighted by molar-refractivity contribution is -0.117. The molecule has 0 bridgehead atoms. The summed E-state index contributed by atoms with van der Waals surface area (Å²) in [5.74, 6) is 0.163. The summed E-state index contributed by atoms with van der Waals surface area (Å²) in [6.45, 7) is 0.348. The van der Waals surface area contributed by atoms with E-state index in [1.807, 2.05) is 18.2 Å². The Kier molecular flexibility index (Phi) is 5.91.